The minimum Gasteiger partial charge on any atom is -0.381 e. The molecule has 1 amide bonds. The van der Waals surface area contributed by atoms with E-state index in [0.717, 1.165) is 25.2 Å². The Hall–Kier alpha value is -2.39. The Morgan fingerprint density at radius 2 is 2.11 bits per heavy atom. The molecule has 0 saturated carbocycles. The standard InChI is InChI=1S/C18H19F3N2O4/c19-15-2-1-12(17(20)18(15)21)9-26-10-14-5-13(23-27-14)6-16(24)22-7-11-3-4-25-8-11/h1-2,5,11H,3-4,6-10H2,(H,22,24). The summed E-state index contributed by atoms with van der Waals surface area (Å²) in [5, 5.41) is 6.60. The average Bonchev–Trinajstić information content (AvgIpc) is 3.32. The monoisotopic (exact) mass is 384 g/mol. The number of ether oxygens (including phenoxy) is 2. The summed E-state index contributed by atoms with van der Waals surface area (Å²) in [7, 11) is 0. The van der Waals surface area contributed by atoms with Gasteiger partial charge in [0.05, 0.1) is 25.3 Å². The third-order valence-corrected chi connectivity index (χ3v) is 4.18. The van der Waals surface area contributed by atoms with E-state index in [9.17, 15) is 18.0 Å². The predicted molar refractivity (Wildman–Crippen MR) is 87.0 cm³/mol. The molecular formula is C18H19F3N2O4. The van der Waals surface area contributed by atoms with Crippen molar-refractivity contribution in [3.63, 3.8) is 0 Å². The number of carbonyl (C=O) groups is 1. The second-order valence-electron chi connectivity index (χ2n) is 6.32. The van der Waals surface area contributed by atoms with Crippen molar-refractivity contribution in [3.05, 3.63) is 52.7 Å². The van der Waals surface area contributed by atoms with Crippen LogP contribution in [0.4, 0.5) is 13.2 Å². The molecule has 0 spiro atoms. The molecule has 1 aromatic carbocycles. The third-order valence-electron chi connectivity index (χ3n) is 4.18. The molecule has 0 bridgehead atoms. The average molecular weight is 384 g/mol. The van der Waals surface area contributed by atoms with Gasteiger partial charge in [0, 0.05) is 30.7 Å². The molecule has 9 heteroatoms. The number of amides is 1. The molecule has 0 aliphatic carbocycles. The highest BCUT2D eigenvalue weighted by atomic mass is 19.2. The first-order valence-corrected chi connectivity index (χ1v) is 8.52. The van der Waals surface area contributed by atoms with Gasteiger partial charge in [0.15, 0.2) is 23.2 Å². The topological polar surface area (TPSA) is 73.6 Å². The highest BCUT2D eigenvalue weighted by Gasteiger charge is 2.17. The van der Waals surface area contributed by atoms with Crippen LogP contribution in [-0.2, 0) is 33.9 Å². The number of aromatic nitrogens is 1. The van der Waals surface area contributed by atoms with Gasteiger partial charge in [-0.3, -0.25) is 4.79 Å². The molecule has 1 unspecified atom stereocenters. The Balaban J connectivity index is 1.42. The van der Waals surface area contributed by atoms with E-state index in [1.54, 1.807) is 6.07 Å². The molecular weight excluding hydrogens is 365 g/mol. The minimum absolute atomic E-state index is 0.0491. The van der Waals surface area contributed by atoms with Gasteiger partial charge in [0.1, 0.15) is 6.61 Å². The molecule has 1 aromatic heterocycles. The van der Waals surface area contributed by atoms with E-state index in [1.807, 2.05) is 0 Å². The molecule has 2 aromatic rings. The van der Waals surface area contributed by atoms with Gasteiger partial charge < -0.3 is 19.3 Å². The van der Waals surface area contributed by atoms with Crippen molar-refractivity contribution in [2.24, 2.45) is 5.92 Å². The molecule has 0 radical (unpaired) electrons. The zero-order valence-electron chi connectivity index (χ0n) is 14.5. The van der Waals surface area contributed by atoms with Gasteiger partial charge in [0.2, 0.25) is 5.91 Å². The first-order chi connectivity index (χ1) is 13.0. The van der Waals surface area contributed by atoms with E-state index in [4.69, 9.17) is 14.0 Å². The van der Waals surface area contributed by atoms with Crippen LogP contribution in [0.25, 0.3) is 0 Å². The smallest absolute Gasteiger partial charge is 0.226 e. The maximum absolute atomic E-state index is 13.5. The normalized spacial score (nSPS) is 16.6. The van der Waals surface area contributed by atoms with Crippen molar-refractivity contribution in [1.29, 1.82) is 0 Å². The lowest BCUT2D eigenvalue weighted by Crippen LogP contribution is -2.30. The number of nitrogens with zero attached hydrogens (tertiary/aromatic N) is 1. The van der Waals surface area contributed by atoms with Crippen LogP contribution < -0.4 is 5.32 Å². The van der Waals surface area contributed by atoms with Crippen LogP contribution in [0.2, 0.25) is 0 Å². The summed E-state index contributed by atoms with van der Waals surface area (Å²) < 4.78 is 55.1. The molecule has 1 fully saturated rings. The van der Waals surface area contributed by atoms with Gasteiger partial charge >= 0.3 is 0 Å². The van der Waals surface area contributed by atoms with E-state index in [-0.39, 0.29) is 31.1 Å². The Morgan fingerprint density at radius 3 is 2.89 bits per heavy atom. The summed E-state index contributed by atoms with van der Waals surface area (Å²) in [6.07, 6.45) is 0.999. The van der Waals surface area contributed by atoms with Crippen LogP contribution in [0.5, 0.6) is 0 Å². The second kappa shape index (κ2) is 9.01. The van der Waals surface area contributed by atoms with Gasteiger partial charge in [-0.2, -0.15) is 0 Å². The van der Waals surface area contributed by atoms with Crippen LogP contribution in [0.3, 0.4) is 0 Å². The van der Waals surface area contributed by atoms with E-state index in [1.165, 1.54) is 0 Å². The van der Waals surface area contributed by atoms with Crippen LogP contribution in [0.15, 0.2) is 22.7 Å². The molecule has 2 heterocycles. The molecule has 1 aliphatic heterocycles. The number of benzene rings is 1. The minimum atomic E-state index is -1.53. The quantitative estimate of drug-likeness (QED) is 0.708. The van der Waals surface area contributed by atoms with Crippen molar-refractivity contribution in [1.82, 2.24) is 10.5 Å². The highest BCUT2D eigenvalue weighted by Crippen LogP contribution is 2.17. The number of hydrogen-bond acceptors (Lipinski definition) is 5. The Kier molecular flexibility index (Phi) is 6.46. The Morgan fingerprint density at radius 1 is 1.26 bits per heavy atom. The zero-order valence-corrected chi connectivity index (χ0v) is 14.5. The fourth-order valence-corrected chi connectivity index (χ4v) is 2.68. The summed E-state index contributed by atoms with van der Waals surface area (Å²) in [6.45, 7) is 1.63. The van der Waals surface area contributed by atoms with E-state index >= 15 is 0 Å². The number of halogens is 3. The van der Waals surface area contributed by atoms with Crippen molar-refractivity contribution >= 4 is 5.91 Å². The predicted octanol–water partition coefficient (Wildman–Crippen LogP) is 2.50. The Bertz CT molecular complexity index is 791. The summed E-state index contributed by atoms with van der Waals surface area (Å²) >= 11 is 0. The number of carbonyl (C=O) groups excluding carboxylic acids is 1. The van der Waals surface area contributed by atoms with Crippen LogP contribution in [0.1, 0.15) is 23.4 Å². The highest BCUT2D eigenvalue weighted by molar-refractivity contribution is 5.78. The maximum atomic E-state index is 13.5. The van der Waals surface area contributed by atoms with Crippen molar-refractivity contribution in [2.45, 2.75) is 26.1 Å². The third kappa shape index (κ3) is 5.30. The maximum Gasteiger partial charge on any atom is 0.226 e. The van der Waals surface area contributed by atoms with E-state index in [2.05, 4.69) is 10.5 Å². The lowest BCUT2D eigenvalue weighted by atomic mass is 10.1. The first-order valence-electron chi connectivity index (χ1n) is 8.52. The van der Waals surface area contributed by atoms with Gasteiger partial charge in [-0.05, 0) is 12.5 Å². The lowest BCUT2D eigenvalue weighted by molar-refractivity contribution is -0.120. The zero-order chi connectivity index (χ0) is 19.2. The van der Waals surface area contributed by atoms with Gasteiger partial charge in [0.25, 0.3) is 0 Å². The fourth-order valence-electron chi connectivity index (χ4n) is 2.68. The summed E-state index contributed by atoms with van der Waals surface area (Å²) in [4.78, 5) is 11.9. The van der Waals surface area contributed by atoms with Gasteiger partial charge in [-0.15, -0.1) is 0 Å². The SMILES string of the molecule is O=C(Cc1cc(COCc2ccc(F)c(F)c2F)on1)NCC1CCOC1. The second-order valence-corrected chi connectivity index (χ2v) is 6.32. The molecule has 1 atom stereocenters. The summed E-state index contributed by atoms with van der Waals surface area (Å²) in [5.41, 5.74) is 0.330. The van der Waals surface area contributed by atoms with Crippen molar-refractivity contribution in [2.75, 3.05) is 19.8 Å². The van der Waals surface area contributed by atoms with E-state index < -0.39 is 17.5 Å². The fraction of sp³-hybridized carbons (Fsp3) is 0.444. The lowest BCUT2D eigenvalue weighted by Gasteiger charge is -2.08. The van der Waals surface area contributed by atoms with Crippen molar-refractivity contribution < 1.29 is 32.0 Å². The summed E-state index contributed by atoms with van der Waals surface area (Å²) in [6, 6.07) is 3.50. The number of hydrogen-bond donors (Lipinski definition) is 1. The largest absolute Gasteiger partial charge is 0.381 e. The number of rotatable bonds is 8. The molecule has 1 saturated heterocycles. The number of nitrogens with one attached hydrogen (secondary N) is 1. The van der Waals surface area contributed by atoms with Gasteiger partial charge in [-0.25, -0.2) is 13.2 Å². The van der Waals surface area contributed by atoms with Gasteiger partial charge in [-0.1, -0.05) is 11.2 Å². The van der Waals surface area contributed by atoms with E-state index in [0.29, 0.717) is 30.5 Å². The first kappa shape index (κ1) is 19.4. The van der Waals surface area contributed by atoms with Crippen LogP contribution >= 0.6 is 0 Å². The van der Waals surface area contributed by atoms with Crippen LogP contribution in [0, 0.1) is 23.4 Å². The molecule has 1 aliphatic rings. The molecule has 3 rings (SSSR count). The molecule has 27 heavy (non-hydrogen) atoms. The Labute approximate surface area is 153 Å². The summed E-state index contributed by atoms with van der Waals surface area (Å²) in [5.74, 6) is -3.57. The molecule has 146 valence electrons. The van der Waals surface area contributed by atoms with Crippen LogP contribution in [-0.4, -0.2) is 30.8 Å². The molecule has 1 N–H and O–H groups in total. The molecule has 6 nitrogen and oxygen atoms in total. The van der Waals surface area contributed by atoms with Crippen molar-refractivity contribution in [3.8, 4) is 0 Å².